The molecule has 82 valence electrons. The van der Waals surface area contributed by atoms with E-state index in [-0.39, 0.29) is 12.5 Å². The van der Waals surface area contributed by atoms with Crippen molar-refractivity contribution in [3.63, 3.8) is 0 Å². The second kappa shape index (κ2) is 6.79. The van der Waals surface area contributed by atoms with Crippen molar-refractivity contribution in [3.8, 4) is 0 Å². The van der Waals surface area contributed by atoms with Gasteiger partial charge in [-0.2, -0.15) is 0 Å². The summed E-state index contributed by atoms with van der Waals surface area (Å²) in [7, 11) is 0. The van der Waals surface area contributed by atoms with E-state index in [9.17, 15) is 4.79 Å². The molecule has 0 aliphatic carbocycles. The summed E-state index contributed by atoms with van der Waals surface area (Å²) in [5.41, 5.74) is 0. The van der Waals surface area contributed by atoms with Crippen LogP contribution in [0.1, 0.15) is 26.2 Å². The molecule has 4 heteroatoms. The highest BCUT2D eigenvalue weighted by molar-refractivity contribution is 5.77. The first-order chi connectivity index (χ1) is 6.83. The minimum absolute atomic E-state index is 0.00727. The topological polar surface area (TPSA) is 50.4 Å². The van der Waals surface area contributed by atoms with Crippen LogP contribution >= 0.6 is 0 Å². The predicted octanol–water partition coefficient (Wildman–Crippen LogP) is 0.281. The molecule has 1 unspecified atom stereocenters. The van der Waals surface area contributed by atoms with E-state index < -0.39 is 0 Å². The molecule has 0 bridgehead atoms. The van der Waals surface area contributed by atoms with Crippen molar-refractivity contribution in [2.75, 3.05) is 26.3 Å². The second-order valence-electron chi connectivity index (χ2n) is 3.65. The highest BCUT2D eigenvalue weighted by atomic mass is 16.5. The molecule has 1 atom stereocenters. The van der Waals surface area contributed by atoms with Gasteiger partial charge in [-0.1, -0.05) is 6.92 Å². The lowest BCUT2D eigenvalue weighted by atomic mass is 10.2. The van der Waals surface area contributed by atoms with E-state index >= 15 is 0 Å². The summed E-state index contributed by atoms with van der Waals surface area (Å²) >= 11 is 0. The van der Waals surface area contributed by atoms with Gasteiger partial charge < -0.3 is 15.4 Å². The van der Waals surface area contributed by atoms with Crippen LogP contribution in [0.15, 0.2) is 0 Å². The fourth-order valence-electron chi connectivity index (χ4n) is 1.53. The number of hydrogen-bond acceptors (Lipinski definition) is 3. The molecule has 14 heavy (non-hydrogen) atoms. The summed E-state index contributed by atoms with van der Waals surface area (Å²) in [6.07, 6.45) is 3.33. The zero-order chi connectivity index (χ0) is 10.2. The molecule has 1 rings (SSSR count). The zero-order valence-corrected chi connectivity index (χ0v) is 8.84. The fourth-order valence-corrected chi connectivity index (χ4v) is 1.53. The summed E-state index contributed by atoms with van der Waals surface area (Å²) < 4.78 is 5.13. The summed E-state index contributed by atoms with van der Waals surface area (Å²) in [4.78, 5) is 11.2. The number of carbonyl (C=O) groups excluding carboxylic acids is 1. The van der Waals surface area contributed by atoms with E-state index in [1.807, 2.05) is 6.92 Å². The maximum atomic E-state index is 11.2. The first-order valence-electron chi connectivity index (χ1n) is 5.40. The SMILES string of the molecule is CCCOCC(=O)NCC1CCCN1. The van der Waals surface area contributed by atoms with Gasteiger partial charge in [0.05, 0.1) is 0 Å². The number of carbonyl (C=O) groups is 1. The van der Waals surface area contributed by atoms with Gasteiger partial charge in [-0.3, -0.25) is 4.79 Å². The average Bonchev–Trinajstić information content (AvgIpc) is 2.68. The van der Waals surface area contributed by atoms with Crippen LogP contribution < -0.4 is 10.6 Å². The molecule has 0 spiro atoms. The average molecular weight is 200 g/mol. The highest BCUT2D eigenvalue weighted by Crippen LogP contribution is 2.02. The summed E-state index contributed by atoms with van der Waals surface area (Å²) in [6, 6.07) is 0.463. The van der Waals surface area contributed by atoms with Gasteiger partial charge >= 0.3 is 0 Å². The molecule has 1 aliphatic heterocycles. The Balaban J connectivity index is 1.96. The van der Waals surface area contributed by atoms with Crippen molar-refractivity contribution in [3.05, 3.63) is 0 Å². The molecule has 4 nitrogen and oxygen atoms in total. The van der Waals surface area contributed by atoms with Gasteiger partial charge in [0.15, 0.2) is 0 Å². The molecule has 1 saturated heterocycles. The van der Waals surface area contributed by atoms with Crippen LogP contribution in [0.3, 0.4) is 0 Å². The maximum absolute atomic E-state index is 11.2. The van der Waals surface area contributed by atoms with Crippen molar-refractivity contribution in [1.29, 1.82) is 0 Å². The molecule has 2 N–H and O–H groups in total. The third-order valence-corrected chi connectivity index (χ3v) is 2.29. The van der Waals surface area contributed by atoms with Gasteiger partial charge in [-0.25, -0.2) is 0 Å². The number of amides is 1. The van der Waals surface area contributed by atoms with Crippen LogP contribution in [0.25, 0.3) is 0 Å². The quantitative estimate of drug-likeness (QED) is 0.606. The van der Waals surface area contributed by atoms with E-state index in [0.717, 1.165) is 25.9 Å². The van der Waals surface area contributed by atoms with Gasteiger partial charge in [0.25, 0.3) is 0 Å². The summed E-state index contributed by atoms with van der Waals surface area (Å²) in [5.74, 6) is -0.00727. The fraction of sp³-hybridized carbons (Fsp3) is 0.900. The lowest BCUT2D eigenvalue weighted by Crippen LogP contribution is -2.38. The Morgan fingerprint density at radius 1 is 1.64 bits per heavy atom. The zero-order valence-electron chi connectivity index (χ0n) is 8.84. The van der Waals surface area contributed by atoms with E-state index in [4.69, 9.17) is 4.74 Å². The van der Waals surface area contributed by atoms with Crippen molar-refractivity contribution < 1.29 is 9.53 Å². The molecule has 0 aromatic rings. The normalized spacial score (nSPS) is 21.1. The van der Waals surface area contributed by atoms with Crippen molar-refractivity contribution in [2.24, 2.45) is 0 Å². The lowest BCUT2D eigenvalue weighted by Gasteiger charge is -2.11. The summed E-state index contributed by atoms with van der Waals surface area (Å²) in [5, 5.41) is 6.18. The first kappa shape index (κ1) is 11.5. The lowest BCUT2D eigenvalue weighted by molar-refractivity contribution is -0.125. The largest absolute Gasteiger partial charge is 0.372 e. The standard InChI is InChI=1S/C10H20N2O2/c1-2-6-14-8-10(13)12-7-9-4-3-5-11-9/h9,11H,2-8H2,1H3,(H,12,13). The van der Waals surface area contributed by atoms with Crippen LogP contribution in [0.4, 0.5) is 0 Å². The minimum Gasteiger partial charge on any atom is -0.372 e. The molecule has 0 aromatic carbocycles. The van der Waals surface area contributed by atoms with Gasteiger partial charge in [0.1, 0.15) is 6.61 Å². The van der Waals surface area contributed by atoms with Gasteiger partial charge in [0, 0.05) is 19.2 Å². The molecular weight excluding hydrogens is 180 g/mol. The summed E-state index contributed by atoms with van der Waals surface area (Å²) in [6.45, 7) is 4.69. The Bertz CT molecular complexity index is 168. The van der Waals surface area contributed by atoms with Crippen LogP contribution in [-0.4, -0.2) is 38.3 Å². The van der Waals surface area contributed by atoms with Gasteiger partial charge in [-0.15, -0.1) is 0 Å². The van der Waals surface area contributed by atoms with Crippen molar-refractivity contribution >= 4 is 5.91 Å². The van der Waals surface area contributed by atoms with Crippen molar-refractivity contribution in [1.82, 2.24) is 10.6 Å². The van der Waals surface area contributed by atoms with E-state index in [2.05, 4.69) is 10.6 Å². The molecular formula is C10H20N2O2. The third kappa shape index (κ3) is 4.58. The number of nitrogens with one attached hydrogen (secondary N) is 2. The van der Waals surface area contributed by atoms with Gasteiger partial charge in [-0.05, 0) is 25.8 Å². The molecule has 1 amide bonds. The van der Waals surface area contributed by atoms with Crippen LogP contribution in [-0.2, 0) is 9.53 Å². The smallest absolute Gasteiger partial charge is 0.246 e. The Hall–Kier alpha value is -0.610. The third-order valence-electron chi connectivity index (χ3n) is 2.29. The minimum atomic E-state index is -0.00727. The van der Waals surface area contributed by atoms with Crippen LogP contribution in [0.2, 0.25) is 0 Å². The Kier molecular flexibility index (Phi) is 5.56. The monoisotopic (exact) mass is 200 g/mol. The Morgan fingerprint density at radius 3 is 3.14 bits per heavy atom. The molecule has 1 aliphatic rings. The molecule has 0 aromatic heterocycles. The number of rotatable bonds is 6. The molecule has 1 fully saturated rings. The maximum Gasteiger partial charge on any atom is 0.246 e. The van der Waals surface area contributed by atoms with E-state index in [1.54, 1.807) is 0 Å². The van der Waals surface area contributed by atoms with E-state index in [1.165, 1.54) is 6.42 Å². The Morgan fingerprint density at radius 2 is 2.50 bits per heavy atom. The van der Waals surface area contributed by atoms with Crippen LogP contribution in [0, 0.1) is 0 Å². The van der Waals surface area contributed by atoms with Crippen molar-refractivity contribution in [2.45, 2.75) is 32.2 Å². The Labute approximate surface area is 85.4 Å². The van der Waals surface area contributed by atoms with Gasteiger partial charge in [0.2, 0.25) is 5.91 Å². The molecule has 1 heterocycles. The number of hydrogen-bond donors (Lipinski definition) is 2. The second-order valence-corrected chi connectivity index (χ2v) is 3.65. The molecule has 0 saturated carbocycles. The highest BCUT2D eigenvalue weighted by Gasteiger charge is 2.14. The number of ether oxygens (including phenoxy) is 1. The molecule has 0 radical (unpaired) electrons. The van der Waals surface area contributed by atoms with E-state index in [0.29, 0.717) is 12.6 Å². The predicted molar refractivity (Wildman–Crippen MR) is 55.1 cm³/mol. The van der Waals surface area contributed by atoms with Crippen LogP contribution in [0.5, 0.6) is 0 Å². The first-order valence-corrected chi connectivity index (χ1v) is 5.40.